The Morgan fingerprint density at radius 2 is 2.06 bits per heavy atom. The minimum absolute atomic E-state index is 0.248. The number of rotatable bonds is 2. The first kappa shape index (κ1) is 12.8. The van der Waals surface area contributed by atoms with Gasteiger partial charge in [0.15, 0.2) is 0 Å². The second-order valence-electron chi connectivity index (χ2n) is 4.57. The van der Waals surface area contributed by atoms with Gasteiger partial charge in [-0.15, -0.1) is 0 Å². The zero-order chi connectivity index (χ0) is 12.4. The van der Waals surface area contributed by atoms with Gasteiger partial charge in [-0.1, -0.05) is 17.7 Å². The summed E-state index contributed by atoms with van der Waals surface area (Å²) in [5.41, 5.74) is 7.21. The van der Waals surface area contributed by atoms with Crippen molar-refractivity contribution in [2.75, 3.05) is 13.2 Å². The van der Waals surface area contributed by atoms with Crippen LogP contribution in [0.2, 0.25) is 5.02 Å². The molecule has 0 aromatic heterocycles. The lowest BCUT2D eigenvalue weighted by molar-refractivity contribution is 0.0580. The van der Waals surface area contributed by atoms with Crippen LogP contribution in [-0.4, -0.2) is 13.2 Å². The minimum atomic E-state index is -0.341. The molecule has 1 saturated heterocycles. The quantitative estimate of drug-likeness (QED) is 0.883. The highest BCUT2D eigenvalue weighted by molar-refractivity contribution is 6.31. The molecule has 1 heterocycles. The van der Waals surface area contributed by atoms with Crippen molar-refractivity contribution in [3.8, 4) is 0 Å². The smallest absolute Gasteiger partial charge is 0.132 e. The number of halogens is 2. The van der Waals surface area contributed by atoms with Gasteiger partial charge in [0.1, 0.15) is 5.82 Å². The molecule has 2 nitrogen and oxygen atoms in total. The summed E-state index contributed by atoms with van der Waals surface area (Å²) < 4.78 is 19.4. The molecule has 1 aromatic rings. The third-order valence-electron chi connectivity index (χ3n) is 3.43. The maximum atomic E-state index is 14.1. The molecule has 1 aliphatic heterocycles. The molecule has 0 bridgehead atoms. The molecule has 94 valence electrons. The highest BCUT2D eigenvalue weighted by Crippen LogP contribution is 2.34. The lowest BCUT2D eigenvalue weighted by Crippen LogP contribution is -2.28. The van der Waals surface area contributed by atoms with Gasteiger partial charge in [0.2, 0.25) is 0 Å². The summed E-state index contributed by atoms with van der Waals surface area (Å²) in [6.07, 6.45) is 1.73. The summed E-state index contributed by atoms with van der Waals surface area (Å²) in [5, 5.41) is 0.423. The number of aryl methyl sites for hydroxylation is 1. The van der Waals surface area contributed by atoms with E-state index >= 15 is 0 Å². The van der Waals surface area contributed by atoms with E-state index < -0.39 is 0 Å². The van der Waals surface area contributed by atoms with Crippen LogP contribution in [0.3, 0.4) is 0 Å². The van der Waals surface area contributed by atoms with Gasteiger partial charge >= 0.3 is 0 Å². The van der Waals surface area contributed by atoms with Crippen molar-refractivity contribution in [1.29, 1.82) is 0 Å². The van der Waals surface area contributed by atoms with Gasteiger partial charge in [-0.3, -0.25) is 0 Å². The molecule has 2 rings (SSSR count). The van der Waals surface area contributed by atoms with Crippen LogP contribution in [0.5, 0.6) is 0 Å². The predicted molar refractivity (Wildman–Crippen MR) is 66.6 cm³/mol. The Labute approximate surface area is 106 Å². The first-order chi connectivity index (χ1) is 8.11. The maximum Gasteiger partial charge on any atom is 0.132 e. The maximum absolute atomic E-state index is 14.1. The van der Waals surface area contributed by atoms with Crippen LogP contribution in [0, 0.1) is 18.7 Å². The van der Waals surface area contributed by atoms with Gasteiger partial charge < -0.3 is 10.5 Å². The molecular formula is C13H17ClFNO. The van der Waals surface area contributed by atoms with Crippen LogP contribution in [-0.2, 0) is 4.74 Å². The molecule has 0 radical (unpaired) electrons. The van der Waals surface area contributed by atoms with Gasteiger partial charge in [-0.2, -0.15) is 0 Å². The Balaban J connectivity index is 2.29. The van der Waals surface area contributed by atoms with Crippen molar-refractivity contribution in [3.05, 3.63) is 34.1 Å². The van der Waals surface area contributed by atoms with Crippen molar-refractivity contribution in [2.45, 2.75) is 25.8 Å². The standard InChI is InChI=1S/C13H17ClFNO/c1-8-2-3-10(14)11(12(8)15)13(16)9-4-6-17-7-5-9/h2-3,9,13H,4-7,16H2,1H3/t13-/m1/s1. The van der Waals surface area contributed by atoms with E-state index in [4.69, 9.17) is 22.1 Å². The molecular weight excluding hydrogens is 241 g/mol. The summed E-state index contributed by atoms with van der Waals surface area (Å²) in [7, 11) is 0. The van der Waals surface area contributed by atoms with E-state index in [-0.39, 0.29) is 17.8 Å². The van der Waals surface area contributed by atoms with Crippen LogP contribution >= 0.6 is 11.6 Å². The average Bonchev–Trinajstić information content (AvgIpc) is 2.35. The largest absolute Gasteiger partial charge is 0.381 e. The third-order valence-corrected chi connectivity index (χ3v) is 3.76. The highest BCUT2D eigenvalue weighted by Gasteiger charge is 2.26. The van der Waals surface area contributed by atoms with Crippen LogP contribution in [0.1, 0.15) is 30.0 Å². The third kappa shape index (κ3) is 2.62. The van der Waals surface area contributed by atoms with Crippen LogP contribution in [0.15, 0.2) is 12.1 Å². The highest BCUT2D eigenvalue weighted by atomic mass is 35.5. The van der Waals surface area contributed by atoms with Crippen molar-refractivity contribution in [1.82, 2.24) is 0 Å². The fraction of sp³-hybridized carbons (Fsp3) is 0.538. The molecule has 4 heteroatoms. The Morgan fingerprint density at radius 3 is 2.71 bits per heavy atom. The molecule has 0 saturated carbocycles. The van der Waals surface area contributed by atoms with Crippen molar-refractivity contribution >= 4 is 11.6 Å². The van der Waals surface area contributed by atoms with Crippen LogP contribution in [0.4, 0.5) is 4.39 Å². The number of hydrogen-bond donors (Lipinski definition) is 1. The zero-order valence-electron chi connectivity index (χ0n) is 9.88. The van der Waals surface area contributed by atoms with Crippen LogP contribution < -0.4 is 5.73 Å². The van der Waals surface area contributed by atoms with Gasteiger partial charge in [0.25, 0.3) is 0 Å². The molecule has 0 spiro atoms. The minimum Gasteiger partial charge on any atom is -0.381 e. The SMILES string of the molecule is Cc1ccc(Cl)c([C@H](N)C2CCOCC2)c1F. The second kappa shape index (κ2) is 5.34. The topological polar surface area (TPSA) is 35.2 Å². The molecule has 0 unspecified atom stereocenters. The summed E-state index contributed by atoms with van der Waals surface area (Å²) in [6.45, 7) is 3.12. The number of ether oxygens (including phenoxy) is 1. The fourth-order valence-electron chi connectivity index (χ4n) is 2.29. The van der Waals surface area contributed by atoms with E-state index in [0.717, 1.165) is 12.8 Å². The second-order valence-corrected chi connectivity index (χ2v) is 4.97. The van der Waals surface area contributed by atoms with E-state index in [0.29, 0.717) is 29.4 Å². The van der Waals surface area contributed by atoms with Gasteiger partial charge in [-0.25, -0.2) is 4.39 Å². The van der Waals surface area contributed by atoms with Crippen molar-refractivity contribution in [3.63, 3.8) is 0 Å². The summed E-state index contributed by atoms with van der Waals surface area (Å²) in [6, 6.07) is 3.05. The number of nitrogens with two attached hydrogens (primary N) is 1. The average molecular weight is 258 g/mol. The Kier molecular flexibility index (Phi) is 4.02. The molecule has 0 aliphatic carbocycles. The van der Waals surface area contributed by atoms with E-state index in [9.17, 15) is 4.39 Å². The van der Waals surface area contributed by atoms with Gasteiger partial charge in [-0.05, 0) is 37.3 Å². The summed E-state index contributed by atoms with van der Waals surface area (Å²) in [5.74, 6) is -0.0194. The lowest BCUT2D eigenvalue weighted by atomic mass is 9.87. The number of benzene rings is 1. The number of hydrogen-bond acceptors (Lipinski definition) is 2. The van der Waals surface area contributed by atoms with Gasteiger partial charge in [0.05, 0.1) is 0 Å². The first-order valence-corrected chi connectivity index (χ1v) is 6.27. The molecule has 1 aromatic carbocycles. The van der Waals surface area contributed by atoms with Crippen molar-refractivity contribution < 1.29 is 9.13 Å². The molecule has 1 atom stereocenters. The van der Waals surface area contributed by atoms with Crippen LogP contribution in [0.25, 0.3) is 0 Å². The monoisotopic (exact) mass is 257 g/mol. The Hall–Kier alpha value is -0.640. The molecule has 1 fully saturated rings. The van der Waals surface area contributed by atoms with E-state index in [2.05, 4.69) is 0 Å². The first-order valence-electron chi connectivity index (χ1n) is 5.89. The van der Waals surface area contributed by atoms with E-state index in [1.165, 1.54) is 0 Å². The predicted octanol–water partition coefficient (Wildman–Crippen LogP) is 3.21. The van der Waals surface area contributed by atoms with Gasteiger partial charge in [0, 0.05) is 29.8 Å². The Bertz CT molecular complexity index is 405. The Morgan fingerprint density at radius 1 is 1.41 bits per heavy atom. The molecule has 0 amide bonds. The van der Waals surface area contributed by atoms with E-state index in [1.54, 1.807) is 19.1 Å². The summed E-state index contributed by atoms with van der Waals surface area (Å²) in [4.78, 5) is 0. The lowest BCUT2D eigenvalue weighted by Gasteiger charge is -2.28. The molecule has 1 aliphatic rings. The molecule has 2 N–H and O–H groups in total. The molecule has 17 heavy (non-hydrogen) atoms. The summed E-state index contributed by atoms with van der Waals surface area (Å²) >= 11 is 6.06. The van der Waals surface area contributed by atoms with E-state index in [1.807, 2.05) is 0 Å². The fourth-order valence-corrected chi connectivity index (χ4v) is 2.57. The normalized spacial score (nSPS) is 19.3. The zero-order valence-corrected chi connectivity index (χ0v) is 10.6. The van der Waals surface area contributed by atoms with Crippen molar-refractivity contribution in [2.24, 2.45) is 11.7 Å².